The lowest BCUT2D eigenvalue weighted by Gasteiger charge is -2.23. The highest BCUT2D eigenvalue weighted by Gasteiger charge is 2.16. The Balaban J connectivity index is 2.11. The van der Waals surface area contributed by atoms with Gasteiger partial charge in [-0.15, -0.1) is 0 Å². The van der Waals surface area contributed by atoms with Gasteiger partial charge in [-0.2, -0.15) is 0 Å². The Morgan fingerprint density at radius 1 is 1.60 bits per heavy atom. The van der Waals surface area contributed by atoms with Crippen LogP contribution in [-0.2, 0) is 4.74 Å². The number of carbonyl (C=O) groups is 1. The Morgan fingerprint density at radius 2 is 2.47 bits per heavy atom. The average molecular weight is 206 g/mol. The molecule has 1 atom stereocenters. The molecule has 80 valence electrons. The van der Waals surface area contributed by atoms with Gasteiger partial charge in [0.15, 0.2) is 5.78 Å². The van der Waals surface area contributed by atoms with Crippen LogP contribution in [0.4, 0.5) is 0 Å². The summed E-state index contributed by atoms with van der Waals surface area (Å²) >= 11 is 0. The van der Waals surface area contributed by atoms with Gasteiger partial charge in [-0.1, -0.05) is 0 Å². The van der Waals surface area contributed by atoms with Crippen molar-refractivity contribution in [2.45, 2.75) is 13.0 Å². The molecule has 0 aliphatic carbocycles. The van der Waals surface area contributed by atoms with Crippen LogP contribution in [-0.4, -0.2) is 30.5 Å². The van der Waals surface area contributed by atoms with Crippen LogP contribution in [0, 0.1) is 0 Å². The van der Waals surface area contributed by atoms with Crippen molar-refractivity contribution in [3.63, 3.8) is 0 Å². The third-order valence-corrected chi connectivity index (χ3v) is 2.45. The lowest BCUT2D eigenvalue weighted by atomic mass is 10.1. The quantitative estimate of drug-likeness (QED) is 0.732. The van der Waals surface area contributed by atoms with Crippen LogP contribution < -0.4 is 5.32 Å². The average Bonchev–Trinajstić information content (AvgIpc) is 2.30. The van der Waals surface area contributed by atoms with E-state index in [4.69, 9.17) is 4.74 Å². The Hall–Kier alpha value is -1.26. The van der Waals surface area contributed by atoms with E-state index in [1.54, 1.807) is 12.3 Å². The van der Waals surface area contributed by atoms with Gasteiger partial charge in [0, 0.05) is 24.8 Å². The number of nitrogens with one attached hydrogen (secondary N) is 1. The Labute approximate surface area is 88.7 Å². The van der Waals surface area contributed by atoms with Gasteiger partial charge >= 0.3 is 0 Å². The third kappa shape index (κ3) is 2.40. The highest BCUT2D eigenvalue weighted by molar-refractivity contribution is 5.93. The Kier molecular flexibility index (Phi) is 3.08. The van der Waals surface area contributed by atoms with Crippen molar-refractivity contribution in [2.75, 3.05) is 19.7 Å². The molecule has 0 bridgehead atoms. The van der Waals surface area contributed by atoms with Crippen molar-refractivity contribution < 1.29 is 9.53 Å². The molecule has 4 heteroatoms. The zero-order valence-electron chi connectivity index (χ0n) is 8.69. The molecule has 1 aliphatic heterocycles. The summed E-state index contributed by atoms with van der Waals surface area (Å²) in [5.74, 6) is 0.0386. The summed E-state index contributed by atoms with van der Waals surface area (Å²) in [6.07, 6.45) is 1.62. The number of ether oxygens (including phenoxy) is 1. The van der Waals surface area contributed by atoms with Crippen molar-refractivity contribution in [1.29, 1.82) is 0 Å². The molecular weight excluding hydrogens is 192 g/mol. The van der Waals surface area contributed by atoms with Crippen LogP contribution in [0.3, 0.4) is 0 Å². The first kappa shape index (κ1) is 10.3. The molecule has 15 heavy (non-hydrogen) atoms. The molecule has 0 amide bonds. The van der Waals surface area contributed by atoms with Crippen molar-refractivity contribution in [1.82, 2.24) is 10.3 Å². The molecule has 0 spiro atoms. The zero-order chi connectivity index (χ0) is 10.7. The monoisotopic (exact) mass is 206 g/mol. The van der Waals surface area contributed by atoms with Crippen LogP contribution >= 0.6 is 0 Å². The second-order valence-electron chi connectivity index (χ2n) is 3.59. The van der Waals surface area contributed by atoms with Crippen molar-refractivity contribution >= 4 is 5.78 Å². The normalized spacial score (nSPS) is 21.3. The minimum absolute atomic E-state index is 0.0137. The highest BCUT2D eigenvalue weighted by atomic mass is 16.5. The fourth-order valence-electron chi connectivity index (χ4n) is 1.56. The number of aromatic nitrogens is 1. The second-order valence-corrected chi connectivity index (χ2v) is 3.59. The molecule has 1 fully saturated rings. The fraction of sp³-hybridized carbons (Fsp3) is 0.455. The standard InChI is InChI=1S/C11H14N2O2/c1-8(14)9-2-3-10(13-6-9)11-7-12-4-5-15-11/h2-3,6,11-12H,4-5,7H2,1H3. The SMILES string of the molecule is CC(=O)c1ccc(C2CNCCO2)nc1. The first-order chi connectivity index (χ1) is 7.27. The van der Waals surface area contributed by atoms with Crippen LogP contribution in [0.5, 0.6) is 0 Å². The lowest BCUT2D eigenvalue weighted by molar-refractivity contribution is 0.0250. The molecule has 0 saturated carbocycles. The number of carbonyl (C=O) groups excluding carboxylic acids is 1. The maximum atomic E-state index is 11.0. The highest BCUT2D eigenvalue weighted by Crippen LogP contribution is 2.16. The fourth-order valence-corrected chi connectivity index (χ4v) is 1.56. The number of hydrogen-bond donors (Lipinski definition) is 1. The smallest absolute Gasteiger partial charge is 0.161 e. The van der Waals surface area contributed by atoms with Crippen LogP contribution in [0.25, 0.3) is 0 Å². The number of ketones is 1. The van der Waals surface area contributed by atoms with E-state index in [0.29, 0.717) is 12.2 Å². The Morgan fingerprint density at radius 3 is 3.00 bits per heavy atom. The summed E-state index contributed by atoms with van der Waals surface area (Å²) < 4.78 is 5.55. The molecule has 1 N–H and O–H groups in total. The summed E-state index contributed by atoms with van der Waals surface area (Å²) in [4.78, 5) is 15.3. The van der Waals surface area contributed by atoms with E-state index in [0.717, 1.165) is 18.8 Å². The summed E-state index contributed by atoms with van der Waals surface area (Å²) in [6, 6.07) is 3.65. The van der Waals surface area contributed by atoms with Crippen molar-refractivity contribution in [2.24, 2.45) is 0 Å². The minimum Gasteiger partial charge on any atom is -0.369 e. The molecule has 1 saturated heterocycles. The molecule has 2 rings (SSSR count). The van der Waals surface area contributed by atoms with Crippen molar-refractivity contribution in [3.05, 3.63) is 29.6 Å². The summed E-state index contributed by atoms with van der Waals surface area (Å²) in [6.45, 7) is 3.92. The molecule has 2 heterocycles. The van der Waals surface area contributed by atoms with E-state index < -0.39 is 0 Å². The molecule has 1 aliphatic rings. The molecule has 1 aromatic rings. The Bertz CT molecular complexity index is 342. The first-order valence-electron chi connectivity index (χ1n) is 5.06. The topological polar surface area (TPSA) is 51.2 Å². The number of rotatable bonds is 2. The van der Waals surface area contributed by atoms with E-state index >= 15 is 0 Å². The summed E-state index contributed by atoms with van der Waals surface area (Å²) in [5.41, 5.74) is 1.52. The van der Waals surface area contributed by atoms with E-state index in [2.05, 4.69) is 10.3 Å². The van der Waals surface area contributed by atoms with Crippen LogP contribution in [0.15, 0.2) is 18.3 Å². The van der Waals surface area contributed by atoms with E-state index in [-0.39, 0.29) is 11.9 Å². The molecule has 0 radical (unpaired) electrons. The molecule has 1 unspecified atom stereocenters. The first-order valence-corrected chi connectivity index (χ1v) is 5.06. The molecule has 0 aromatic carbocycles. The van der Waals surface area contributed by atoms with E-state index in [1.807, 2.05) is 6.07 Å². The van der Waals surface area contributed by atoms with Crippen molar-refractivity contribution in [3.8, 4) is 0 Å². The number of pyridine rings is 1. The van der Waals surface area contributed by atoms with Crippen LogP contribution in [0.2, 0.25) is 0 Å². The minimum atomic E-state index is 0.0137. The predicted octanol–water partition coefficient (Wildman–Crippen LogP) is 0.945. The lowest BCUT2D eigenvalue weighted by Crippen LogP contribution is -2.33. The van der Waals surface area contributed by atoms with E-state index in [1.165, 1.54) is 6.92 Å². The van der Waals surface area contributed by atoms with Gasteiger partial charge in [0.25, 0.3) is 0 Å². The van der Waals surface area contributed by atoms with Gasteiger partial charge in [-0.25, -0.2) is 0 Å². The largest absolute Gasteiger partial charge is 0.369 e. The zero-order valence-corrected chi connectivity index (χ0v) is 8.69. The molecule has 1 aromatic heterocycles. The number of morpholine rings is 1. The second kappa shape index (κ2) is 4.51. The predicted molar refractivity (Wildman–Crippen MR) is 55.8 cm³/mol. The summed E-state index contributed by atoms with van der Waals surface area (Å²) in [7, 11) is 0. The van der Waals surface area contributed by atoms with Gasteiger partial charge < -0.3 is 10.1 Å². The molecular formula is C11H14N2O2. The maximum Gasteiger partial charge on any atom is 0.161 e. The van der Waals surface area contributed by atoms with Crippen LogP contribution in [0.1, 0.15) is 29.1 Å². The van der Waals surface area contributed by atoms with Gasteiger partial charge in [0.05, 0.1) is 12.3 Å². The van der Waals surface area contributed by atoms with Gasteiger partial charge in [0.1, 0.15) is 6.10 Å². The maximum absolute atomic E-state index is 11.0. The van der Waals surface area contributed by atoms with Gasteiger partial charge in [-0.3, -0.25) is 9.78 Å². The number of Topliss-reactive ketones (excluding diaryl/α,β-unsaturated/α-hetero) is 1. The number of hydrogen-bond acceptors (Lipinski definition) is 4. The van der Waals surface area contributed by atoms with E-state index in [9.17, 15) is 4.79 Å². The third-order valence-electron chi connectivity index (χ3n) is 2.45. The molecule has 4 nitrogen and oxygen atoms in total. The summed E-state index contributed by atoms with van der Waals surface area (Å²) in [5, 5.41) is 3.24. The number of nitrogens with zero attached hydrogens (tertiary/aromatic N) is 1. The van der Waals surface area contributed by atoms with Gasteiger partial charge in [0.2, 0.25) is 0 Å². The van der Waals surface area contributed by atoms with Gasteiger partial charge in [-0.05, 0) is 19.1 Å².